The fraction of sp³-hybridized carbons (Fsp3) is 0.167. The number of carbonyl (C=O) groups excluding carboxylic acids is 1. The van der Waals surface area contributed by atoms with Crippen LogP contribution in [0.3, 0.4) is 0 Å². The average molecular weight is 216 g/mol. The quantitative estimate of drug-likeness (QED) is 0.798. The van der Waals surface area contributed by atoms with Crippen LogP contribution in [-0.2, 0) is 0 Å². The number of hydrogen-bond acceptors (Lipinski definition) is 3. The Morgan fingerprint density at radius 1 is 1.50 bits per heavy atom. The van der Waals surface area contributed by atoms with Gasteiger partial charge in [-0.15, -0.1) is 0 Å². The number of rotatable bonds is 4. The number of benzene rings is 1. The van der Waals surface area contributed by atoms with Gasteiger partial charge in [-0.05, 0) is 19.1 Å². The van der Waals surface area contributed by atoms with Crippen LogP contribution in [0.1, 0.15) is 17.3 Å². The Hall–Kier alpha value is -2.10. The van der Waals surface area contributed by atoms with Gasteiger partial charge in [0.05, 0.1) is 12.2 Å². The van der Waals surface area contributed by atoms with Crippen molar-refractivity contribution in [2.24, 2.45) is 0 Å². The predicted octanol–water partition coefficient (Wildman–Crippen LogP) is 2.29. The molecule has 1 aromatic heterocycles. The van der Waals surface area contributed by atoms with Crippen molar-refractivity contribution in [2.75, 3.05) is 6.61 Å². The third-order valence-corrected chi connectivity index (χ3v) is 2.19. The van der Waals surface area contributed by atoms with E-state index in [-0.39, 0.29) is 0 Å². The summed E-state index contributed by atoms with van der Waals surface area (Å²) in [5, 5.41) is 0. The van der Waals surface area contributed by atoms with Gasteiger partial charge in [0.15, 0.2) is 0 Å². The van der Waals surface area contributed by atoms with E-state index in [4.69, 9.17) is 4.74 Å². The maximum absolute atomic E-state index is 10.7. The number of aromatic amines is 1. The summed E-state index contributed by atoms with van der Waals surface area (Å²) in [6, 6.07) is 5.29. The summed E-state index contributed by atoms with van der Waals surface area (Å²) >= 11 is 0. The molecular formula is C12H12N2O2. The van der Waals surface area contributed by atoms with E-state index in [0.717, 1.165) is 17.7 Å². The summed E-state index contributed by atoms with van der Waals surface area (Å²) in [5.41, 5.74) is 1.45. The smallest absolute Gasteiger partial charge is 0.150 e. The van der Waals surface area contributed by atoms with Crippen LogP contribution >= 0.6 is 0 Å². The third kappa shape index (κ3) is 1.95. The first-order chi connectivity index (χ1) is 7.85. The molecule has 16 heavy (non-hydrogen) atoms. The lowest BCUT2D eigenvalue weighted by molar-refractivity contribution is 0.112. The van der Waals surface area contributed by atoms with Crippen molar-refractivity contribution in [2.45, 2.75) is 6.92 Å². The van der Waals surface area contributed by atoms with E-state index < -0.39 is 0 Å². The molecule has 1 N–H and O–H groups in total. The molecule has 0 spiro atoms. The fourth-order valence-electron chi connectivity index (χ4n) is 1.50. The lowest BCUT2D eigenvalue weighted by Gasteiger charge is -2.08. The first-order valence-electron chi connectivity index (χ1n) is 5.07. The summed E-state index contributed by atoms with van der Waals surface area (Å²) in [5.74, 6) is 1.41. The molecule has 4 heteroatoms. The second-order valence-corrected chi connectivity index (χ2v) is 3.24. The first-order valence-corrected chi connectivity index (χ1v) is 5.07. The summed E-state index contributed by atoms with van der Waals surface area (Å²) in [6.07, 6.45) is 4.23. The zero-order valence-electron chi connectivity index (χ0n) is 8.93. The maximum atomic E-state index is 10.7. The molecule has 0 saturated heterocycles. The Bertz CT molecular complexity index is 478. The van der Waals surface area contributed by atoms with Gasteiger partial charge in [0.1, 0.15) is 17.9 Å². The van der Waals surface area contributed by atoms with Gasteiger partial charge in [-0.3, -0.25) is 4.79 Å². The van der Waals surface area contributed by atoms with Crippen molar-refractivity contribution >= 4 is 6.29 Å². The number of aromatic nitrogens is 2. The van der Waals surface area contributed by atoms with E-state index in [2.05, 4.69) is 9.97 Å². The molecule has 0 aliphatic rings. The molecule has 0 bridgehead atoms. The minimum Gasteiger partial charge on any atom is -0.493 e. The van der Waals surface area contributed by atoms with Crippen LogP contribution in [0.5, 0.6) is 5.75 Å². The summed E-state index contributed by atoms with van der Waals surface area (Å²) < 4.78 is 5.48. The van der Waals surface area contributed by atoms with Crippen LogP contribution < -0.4 is 4.74 Å². The zero-order valence-corrected chi connectivity index (χ0v) is 8.93. The highest BCUT2D eigenvalue weighted by Crippen LogP contribution is 2.28. The molecule has 0 fully saturated rings. The molecular weight excluding hydrogens is 204 g/mol. The number of ether oxygens (including phenoxy) is 1. The predicted molar refractivity (Wildman–Crippen MR) is 60.6 cm³/mol. The molecule has 0 aliphatic carbocycles. The molecule has 2 rings (SSSR count). The van der Waals surface area contributed by atoms with Gasteiger partial charge in [0.25, 0.3) is 0 Å². The van der Waals surface area contributed by atoms with Crippen LogP contribution in [0.25, 0.3) is 11.4 Å². The Kier molecular flexibility index (Phi) is 3.00. The third-order valence-electron chi connectivity index (χ3n) is 2.19. The maximum Gasteiger partial charge on any atom is 0.150 e. The van der Waals surface area contributed by atoms with Crippen LogP contribution in [0.2, 0.25) is 0 Å². The minimum atomic E-state index is 0.552. The summed E-state index contributed by atoms with van der Waals surface area (Å²) in [4.78, 5) is 17.9. The van der Waals surface area contributed by atoms with Crippen LogP contribution in [0, 0.1) is 0 Å². The monoisotopic (exact) mass is 216 g/mol. The number of aldehydes is 1. The molecule has 2 aromatic rings. The van der Waals surface area contributed by atoms with E-state index >= 15 is 0 Å². The largest absolute Gasteiger partial charge is 0.493 e. The van der Waals surface area contributed by atoms with Crippen molar-refractivity contribution in [1.29, 1.82) is 0 Å². The number of hydrogen-bond donors (Lipinski definition) is 1. The van der Waals surface area contributed by atoms with Crippen LogP contribution in [-0.4, -0.2) is 22.9 Å². The first kappa shape index (κ1) is 10.4. The lowest BCUT2D eigenvalue weighted by Crippen LogP contribution is -1.96. The van der Waals surface area contributed by atoms with Crippen molar-refractivity contribution in [3.05, 3.63) is 36.2 Å². The normalized spacial score (nSPS) is 10.1. The van der Waals surface area contributed by atoms with Crippen LogP contribution in [0.15, 0.2) is 30.6 Å². The molecule has 0 radical (unpaired) electrons. The van der Waals surface area contributed by atoms with Gasteiger partial charge in [-0.1, -0.05) is 6.07 Å². The van der Waals surface area contributed by atoms with E-state index in [9.17, 15) is 4.79 Å². The van der Waals surface area contributed by atoms with Crippen molar-refractivity contribution in [3.63, 3.8) is 0 Å². The van der Waals surface area contributed by atoms with Gasteiger partial charge in [0, 0.05) is 18.0 Å². The van der Waals surface area contributed by atoms with Crippen LogP contribution in [0.4, 0.5) is 0 Å². The van der Waals surface area contributed by atoms with Gasteiger partial charge in [0.2, 0.25) is 0 Å². The van der Waals surface area contributed by atoms with E-state index in [1.165, 1.54) is 0 Å². The molecule has 4 nitrogen and oxygen atoms in total. The van der Waals surface area contributed by atoms with Crippen molar-refractivity contribution in [1.82, 2.24) is 9.97 Å². The molecule has 0 saturated carbocycles. The molecule has 1 aromatic carbocycles. The average Bonchev–Trinajstić information content (AvgIpc) is 2.83. The molecule has 1 heterocycles. The highest BCUT2D eigenvalue weighted by Gasteiger charge is 2.08. The number of carbonyl (C=O) groups is 1. The molecule has 0 unspecified atom stereocenters. The second kappa shape index (κ2) is 4.61. The summed E-state index contributed by atoms with van der Waals surface area (Å²) in [7, 11) is 0. The lowest BCUT2D eigenvalue weighted by atomic mass is 10.1. The van der Waals surface area contributed by atoms with E-state index in [0.29, 0.717) is 17.9 Å². The highest BCUT2D eigenvalue weighted by atomic mass is 16.5. The summed E-state index contributed by atoms with van der Waals surface area (Å²) in [6.45, 7) is 2.45. The highest BCUT2D eigenvalue weighted by molar-refractivity contribution is 5.78. The SMILES string of the molecule is CCOc1cc(C=O)ccc1-c1ncc[nH]1. The van der Waals surface area contributed by atoms with E-state index in [1.54, 1.807) is 24.5 Å². The zero-order chi connectivity index (χ0) is 11.4. The number of imidazole rings is 1. The fourth-order valence-corrected chi connectivity index (χ4v) is 1.50. The topological polar surface area (TPSA) is 55.0 Å². The molecule has 0 atom stereocenters. The van der Waals surface area contributed by atoms with Gasteiger partial charge in [-0.25, -0.2) is 4.98 Å². The molecule has 82 valence electrons. The standard InChI is InChI=1S/C12H12N2O2/c1-2-16-11-7-9(8-15)3-4-10(11)12-13-5-6-14-12/h3-8H,2H2,1H3,(H,13,14). The molecule has 0 aliphatic heterocycles. The number of H-pyrrole nitrogens is 1. The Morgan fingerprint density at radius 2 is 2.38 bits per heavy atom. The molecule has 0 amide bonds. The van der Waals surface area contributed by atoms with Gasteiger partial charge in [-0.2, -0.15) is 0 Å². The number of nitrogens with zero attached hydrogens (tertiary/aromatic N) is 1. The number of nitrogens with one attached hydrogen (secondary N) is 1. The van der Waals surface area contributed by atoms with Crippen molar-refractivity contribution in [3.8, 4) is 17.1 Å². The Balaban J connectivity index is 2.47. The second-order valence-electron chi connectivity index (χ2n) is 3.24. The minimum absolute atomic E-state index is 0.552. The van der Waals surface area contributed by atoms with Gasteiger partial charge < -0.3 is 9.72 Å². The van der Waals surface area contributed by atoms with Crippen molar-refractivity contribution < 1.29 is 9.53 Å². The Labute approximate surface area is 93.3 Å². The van der Waals surface area contributed by atoms with Gasteiger partial charge >= 0.3 is 0 Å². The Morgan fingerprint density at radius 3 is 3.00 bits per heavy atom. The van der Waals surface area contributed by atoms with E-state index in [1.807, 2.05) is 13.0 Å².